The Kier molecular flexibility index (Phi) is 2.07. The third-order valence-electron chi connectivity index (χ3n) is 4.40. The summed E-state index contributed by atoms with van der Waals surface area (Å²) in [5.41, 5.74) is 1.80. The maximum atomic E-state index is 14.0. The van der Waals surface area contributed by atoms with Crippen LogP contribution in [-0.2, 0) is 7.05 Å². The fourth-order valence-corrected chi connectivity index (χ4v) is 3.64. The van der Waals surface area contributed by atoms with E-state index in [0.717, 1.165) is 18.5 Å². The zero-order chi connectivity index (χ0) is 12.4. The molecule has 3 heterocycles. The quantitative estimate of drug-likeness (QED) is 0.802. The lowest BCUT2D eigenvalue weighted by atomic mass is 10.1. The van der Waals surface area contributed by atoms with Gasteiger partial charge in [0.05, 0.1) is 5.52 Å². The first kappa shape index (κ1) is 10.8. The van der Waals surface area contributed by atoms with E-state index in [1.165, 1.54) is 5.56 Å². The molecule has 1 saturated heterocycles. The Morgan fingerprint density at radius 1 is 1.44 bits per heavy atom. The van der Waals surface area contributed by atoms with Crippen molar-refractivity contribution in [2.75, 3.05) is 13.1 Å². The molecule has 0 spiro atoms. The monoisotopic (exact) mass is 265 g/mol. The van der Waals surface area contributed by atoms with Crippen LogP contribution in [-0.4, -0.2) is 22.6 Å². The van der Waals surface area contributed by atoms with Crippen LogP contribution in [0.1, 0.15) is 11.5 Å². The summed E-state index contributed by atoms with van der Waals surface area (Å²) in [6.07, 6.45) is 3.74. The van der Waals surface area contributed by atoms with Crippen LogP contribution >= 0.6 is 11.6 Å². The molecule has 0 bridgehead atoms. The summed E-state index contributed by atoms with van der Waals surface area (Å²) in [7, 11) is 1.86. The number of hydrogen-bond donors (Lipinski definition) is 1. The van der Waals surface area contributed by atoms with Gasteiger partial charge in [0.1, 0.15) is 0 Å². The number of piperidine rings is 1. The van der Waals surface area contributed by atoms with Crippen LogP contribution in [0, 0.1) is 17.7 Å². The SMILES string of the molecule is Cn1cc(C2C3CNC[C@@H]32)c2cnc(Cl)c(F)c21. The van der Waals surface area contributed by atoms with Gasteiger partial charge in [-0.25, -0.2) is 9.37 Å². The zero-order valence-electron chi connectivity index (χ0n) is 9.95. The van der Waals surface area contributed by atoms with Crippen LogP contribution in [0.25, 0.3) is 10.9 Å². The summed E-state index contributed by atoms with van der Waals surface area (Å²) in [6, 6.07) is 0. The highest BCUT2D eigenvalue weighted by molar-refractivity contribution is 6.30. The van der Waals surface area contributed by atoms with Gasteiger partial charge >= 0.3 is 0 Å². The maximum Gasteiger partial charge on any atom is 0.184 e. The number of nitrogens with one attached hydrogen (secondary N) is 1. The maximum absolute atomic E-state index is 14.0. The minimum atomic E-state index is -0.410. The molecular formula is C13H13ClFN3. The number of pyridine rings is 1. The van der Waals surface area contributed by atoms with Gasteiger partial charge in [-0.2, -0.15) is 0 Å². The minimum absolute atomic E-state index is 0.0482. The van der Waals surface area contributed by atoms with Crippen molar-refractivity contribution in [1.82, 2.24) is 14.9 Å². The summed E-state index contributed by atoms with van der Waals surface area (Å²) in [5, 5.41) is 4.25. The molecule has 94 valence electrons. The van der Waals surface area contributed by atoms with Gasteiger partial charge in [0, 0.05) is 24.8 Å². The summed E-state index contributed by atoms with van der Waals surface area (Å²) in [5.74, 6) is 1.59. The molecule has 4 rings (SSSR count). The molecule has 5 heteroatoms. The third-order valence-corrected chi connectivity index (χ3v) is 4.66. The second-order valence-electron chi connectivity index (χ2n) is 5.33. The summed E-state index contributed by atoms with van der Waals surface area (Å²) < 4.78 is 15.8. The van der Waals surface area contributed by atoms with Crippen LogP contribution in [0.15, 0.2) is 12.4 Å². The van der Waals surface area contributed by atoms with Crippen molar-refractivity contribution >= 4 is 22.5 Å². The lowest BCUT2D eigenvalue weighted by Crippen LogP contribution is -2.13. The highest BCUT2D eigenvalue weighted by atomic mass is 35.5. The summed E-state index contributed by atoms with van der Waals surface area (Å²) >= 11 is 5.75. The predicted molar refractivity (Wildman–Crippen MR) is 68.3 cm³/mol. The standard InChI is InChI=1S/C13H13ClFN3/c1-18-5-9(10-6-2-16-3-7(6)10)8-4-17-13(14)11(15)12(8)18/h4-7,10,16H,2-3H2,1H3/t6-,7?,10?/m0/s1. The van der Waals surface area contributed by atoms with E-state index in [1.807, 2.05) is 17.8 Å². The van der Waals surface area contributed by atoms with Crippen molar-refractivity contribution < 1.29 is 4.39 Å². The molecule has 2 fully saturated rings. The first-order valence-corrected chi connectivity index (χ1v) is 6.56. The van der Waals surface area contributed by atoms with Gasteiger partial charge in [0.15, 0.2) is 11.0 Å². The van der Waals surface area contributed by atoms with Gasteiger partial charge in [0.2, 0.25) is 0 Å². The minimum Gasteiger partial charge on any atom is -0.348 e. The molecule has 18 heavy (non-hydrogen) atoms. The van der Waals surface area contributed by atoms with Crippen LogP contribution in [0.2, 0.25) is 5.15 Å². The molecule has 0 aromatic carbocycles. The van der Waals surface area contributed by atoms with Crippen molar-refractivity contribution in [3.63, 3.8) is 0 Å². The first-order valence-electron chi connectivity index (χ1n) is 6.18. The number of nitrogens with zero attached hydrogens (tertiary/aromatic N) is 2. The van der Waals surface area contributed by atoms with E-state index in [-0.39, 0.29) is 5.15 Å². The number of rotatable bonds is 1. The summed E-state index contributed by atoms with van der Waals surface area (Å²) in [6.45, 7) is 2.16. The average Bonchev–Trinajstić information content (AvgIpc) is 2.74. The lowest BCUT2D eigenvalue weighted by Gasteiger charge is -2.03. The van der Waals surface area contributed by atoms with E-state index < -0.39 is 5.82 Å². The van der Waals surface area contributed by atoms with Gasteiger partial charge in [0.25, 0.3) is 0 Å². The van der Waals surface area contributed by atoms with E-state index >= 15 is 0 Å². The molecule has 1 saturated carbocycles. The van der Waals surface area contributed by atoms with Crippen LogP contribution in [0.5, 0.6) is 0 Å². The molecule has 2 aliphatic rings. The highest BCUT2D eigenvalue weighted by Gasteiger charge is 2.54. The van der Waals surface area contributed by atoms with Crippen LogP contribution < -0.4 is 5.32 Å². The van der Waals surface area contributed by atoms with Crippen molar-refractivity contribution in [3.8, 4) is 0 Å². The van der Waals surface area contributed by atoms with Crippen molar-refractivity contribution in [2.45, 2.75) is 5.92 Å². The molecule has 2 aromatic heterocycles. The number of hydrogen-bond acceptors (Lipinski definition) is 2. The fourth-order valence-electron chi connectivity index (χ4n) is 3.50. The first-order chi connectivity index (χ1) is 8.68. The van der Waals surface area contributed by atoms with Crippen molar-refractivity contribution in [2.24, 2.45) is 18.9 Å². The molecule has 0 radical (unpaired) electrons. The fraction of sp³-hybridized carbons (Fsp3) is 0.462. The summed E-state index contributed by atoms with van der Waals surface area (Å²) in [4.78, 5) is 3.95. The molecule has 2 unspecified atom stereocenters. The highest BCUT2D eigenvalue weighted by Crippen LogP contribution is 2.57. The lowest BCUT2D eigenvalue weighted by molar-refractivity contribution is 0.626. The van der Waals surface area contributed by atoms with Gasteiger partial charge in [-0.15, -0.1) is 0 Å². The molecule has 0 amide bonds. The molecule has 3 nitrogen and oxygen atoms in total. The van der Waals surface area contributed by atoms with Crippen molar-refractivity contribution in [3.05, 3.63) is 28.9 Å². The molecule has 2 aromatic rings. The Hall–Kier alpha value is -1.13. The largest absolute Gasteiger partial charge is 0.348 e. The van der Waals surface area contributed by atoms with Gasteiger partial charge in [-0.3, -0.25) is 0 Å². The van der Waals surface area contributed by atoms with Crippen LogP contribution in [0.4, 0.5) is 4.39 Å². The Balaban J connectivity index is 1.90. The third kappa shape index (κ3) is 1.25. The normalized spacial score (nSPS) is 29.8. The Bertz CT molecular complexity index is 641. The second-order valence-corrected chi connectivity index (χ2v) is 5.69. The topological polar surface area (TPSA) is 29.9 Å². The van der Waals surface area contributed by atoms with E-state index in [9.17, 15) is 4.39 Å². The van der Waals surface area contributed by atoms with E-state index in [0.29, 0.717) is 23.3 Å². The van der Waals surface area contributed by atoms with Gasteiger partial charge in [-0.1, -0.05) is 11.6 Å². The van der Waals surface area contributed by atoms with E-state index in [4.69, 9.17) is 11.6 Å². The van der Waals surface area contributed by atoms with Crippen LogP contribution in [0.3, 0.4) is 0 Å². The number of fused-ring (bicyclic) bond motifs is 2. The number of halogens is 2. The molecule has 1 N–H and O–H groups in total. The van der Waals surface area contributed by atoms with Gasteiger partial charge in [-0.05, 0) is 36.4 Å². The van der Waals surface area contributed by atoms with E-state index in [1.54, 1.807) is 6.20 Å². The second kappa shape index (κ2) is 3.45. The van der Waals surface area contributed by atoms with E-state index in [2.05, 4.69) is 10.3 Å². The Morgan fingerprint density at radius 3 is 2.89 bits per heavy atom. The Morgan fingerprint density at radius 2 is 2.17 bits per heavy atom. The number of aryl methyl sites for hydroxylation is 1. The predicted octanol–water partition coefficient (Wildman–Crippen LogP) is 2.30. The Labute approximate surface area is 109 Å². The number of aromatic nitrogens is 2. The van der Waals surface area contributed by atoms with Crippen molar-refractivity contribution in [1.29, 1.82) is 0 Å². The smallest absolute Gasteiger partial charge is 0.184 e. The molecule has 3 atom stereocenters. The molecule has 1 aliphatic carbocycles. The average molecular weight is 266 g/mol. The molecule has 1 aliphatic heterocycles. The van der Waals surface area contributed by atoms with Gasteiger partial charge < -0.3 is 9.88 Å². The zero-order valence-corrected chi connectivity index (χ0v) is 10.7. The molecular weight excluding hydrogens is 253 g/mol.